The van der Waals surface area contributed by atoms with E-state index in [0.717, 1.165) is 11.1 Å². The minimum absolute atomic E-state index is 0.125. The van der Waals surface area contributed by atoms with Gasteiger partial charge in [-0.05, 0) is 19.1 Å². The van der Waals surface area contributed by atoms with Crippen molar-refractivity contribution in [2.75, 3.05) is 27.9 Å². The van der Waals surface area contributed by atoms with E-state index in [1.54, 1.807) is 23.1 Å². The van der Waals surface area contributed by atoms with Gasteiger partial charge in [-0.1, -0.05) is 41.1 Å². The zero-order valence-electron chi connectivity index (χ0n) is 18.0. The molecule has 1 heterocycles. The van der Waals surface area contributed by atoms with Crippen LogP contribution in [0.5, 0.6) is 17.2 Å². The second-order valence-corrected chi connectivity index (χ2v) is 6.77. The SMILES string of the molecule is C=CCN(Cc1nc(-c2ccc(C)cc2)no1)C(=O)c1cc(OC)c(OC)c(OC)c1. The maximum atomic E-state index is 13.2. The first kappa shape index (κ1) is 21.9. The summed E-state index contributed by atoms with van der Waals surface area (Å²) in [6, 6.07) is 11.0. The number of hydrogen-bond acceptors (Lipinski definition) is 7. The van der Waals surface area contributed by atoms with Crippen LogP contribution in [-0.4, -0.2) is 48.8 Å². The number of aryl methyl sites for hydroxylation is 1. The monoisotopic (exact) mass is 423 g/mol. The molecule has 0 unspecified atom stereocenters. The summed E-state index contributed by atoms with van der Waals surface area (Å²) in [5.74, 6) is 1.71. The van der Waals surface area contributed by atoms with Gasteiger partial charge in [0.15, 0.2) is 11.5 Å². The third-order valence-electron chi connectivity index (χ3n) is 4.65. The number of carbonyl (C=O) groups is 1. The number of rotatable bonds is 9. The highest BCUT2D eigenvalue weighted by molar-refractivity contribution is 5.95. The standard InChI is InChI=1S/C23H25N3O5/c1-6-11-26(14-20-24-22(25-31-20)16-9-7-15(2)8-10-16)23(27)17-12-18(28-3)21(30-5)19(13-17)29-4/h6-10,12-13H,1,11,14H2,2-5H3. The maximum absolute atomic E-state index is 13.2. The van der Waals surface area contributed by atoms with Gasteiger partial charge < -0.3 is 23.6 Å². The molecule has 0 fully saturated rings. The van der Waals surface area contributed by atoms with Crippen molar-refractivity contribution in [1.29, 1.82) is 0 Å². The van der Waals surface area contributed by atoms with Gasteiger partial charge >= 0.3 is 0 Å². The van der Waals surface area contributed by atoms with E-state index < -0.39 is 0 Å². The molecule has 0 spiro atoms. The number of nitrogens with zero attached hydrogens (tertiary/aromatic N) is 3. The van der Waals surface area contributed by atoms with E-state index in [0.29, 0.717) is 34.5 Å². The van der Waals surface area contributed by atoms with Crippen molar-refractivity contribution in [3.05, 3.63) is 66.1 Å². The smallest absolute Gasteiger partial charge is 0.254 e. The summed E-state index contributed by atoms with van der Waals surface area (Å²) in [6.07, 6.45) is 1.63. The Kier molecular flexibility index (Phi) is 6.92. The fourth-order valence-corrected chi connectivity index (χ4v) is 3.06. The zero-order chi connectivity index (χ0) is 22.4. The molecule has 0 saturated carbocycles. The quantitative estimate of drug-likeness (QED) is 0.483. The van der Waals surface area contributed by atoms with Crippen molar-refractivity contribution in [3.8, 4) is 28.6 Å². The Morgan fingerprint density at radius 2 is 1.74 bits per heavy atom. The average molecular weight is 423 g/mol. The Bertz CT molecular complexity index is 1030. The van der Waals surface area contributed by atoms with Crippen LogP contribution in [0.15, 0.2) is 53.6 Å². The Balaban J connectivity index is 1.86. The average Bonchev–Trinajstić information content (AvgIpc) is 3.26. The molecule has 0 aliphatic rings. The van der Waals surface area contributed by atoms with Crippen LogP contribution in [0, 0.1) is 6.92 Å². The molecule has 0 bridgehead atoms. The second kappa shape index (κ2) is 9.80. The van der Waals surface area contributed by atoms with Gasteiger partial charge in [0.1, 0.15) is 6.54 Å². The molecular weight excluding hydrogens is 398 g/mol. The van der Waals surface area contributed by atoms with E-state index >= 15 is 0 Å². The van der Waals surface area contributed by atoms with Crippen molar-refractivity contribution in [2.24, 2.45) is 0 Å². The van der Waals surface area contributed by atoms with Crippen molar-refractivity contribution in [3.63, 3.8) is 0 Å². The van der Waals surface area contributed by atoms with E-state index in [4.69, 9.17) is 18.7 Å². The highest BCUT2D eigenvalue weighted by Crippen LogP contribution is 2.38. The van der Waals surface area contributed by atoms with Crippen LogP contribution in [0.3, 0.4) is 0 Å². The number of aromatic nitrogens is 2. The largest absolute Gasteiger partial charge is 0.493 e. The third-order valence-corrected chi connectivity index (χ3v) is 4.65. The second-order valence-electron chi connectivity index (χ2n) is 6.77. The minimum atomic E-state index is -0.269. The van der Waals surface area contributed by atoms with Crippen LogP contribution >= 0.6 is 0 Å². The highest BCUT2D eigenvalue weighted by atomic mass is 16.5. The Labute approximate surface area is 181 Å². The molecule has 1 amide bonds. The summed E-state index contributed by atoms with van der Waals surface area (Å²) in [6.45, 7) is 6.17. The molecule has 0 radical (unpaired) electrons. The molecule has 0 N–H and O–H groups in total. The predicted octanol–water partition coefficient (Wildman–Crippen LogP) is 3.90. The van der Waals surface area contributed by atoms with Crippen molar-refractivity contribution in [2.45, 2.75) is 13.5 Å². The third kappa shape index (κ3) is 4.85. The molecule has 3 aromatic rings. The number of amides is 1. The summed E-state index contributed by atoms with van der Waals surface area (Å²) in [5, 5.41) is 4.03. The van der Waals surface area contributed by atoms with Crippen LogP contribution in [0.1, 0.15) is 21.8 Å². The van der Waals surface area contributed by atoms with Gasteiger partial charge in [0.05, 0.1) is 21.3 Å². The van der Waals surface area contributed by atoms with E-state index in [9.17, 15) is 4.79 Å². The van der Waals surface area contributed by atoms with Crippen LogP contribution in [0.25, 0.3) is 11.4 Å². The molecule has 2 aromatic carbocycles. The van der Waals surface area contributed by atoms with E-state index in [1.165, 1.54) is 21.3 Å². The Morgan fingerprint density at radius 1 is 1.10 bits per heavy atom. The lowest BCUT2D eigenvalue weighted by Gasteiger charge is -2.20. The molecular formula is C23H25N3O5. The minimum Gasteiger partial charge on any atom is -0.493 e. The Morgan fingerprint density at radius 3 is 2.29 bits per heavy atom. The summed E-state index contributed by atoms with van der Waals surface area (Å²) >= 11 is 0. The number of benzene rings is 2. The van der Waals surface area contributed by atoms with Crippen LogP contribution in [0.2, 0.25) is 0 Å². The van der Waals surface area contributed by atoms with Crippen LogP contribution < -0.4 is 14.2 Å². The molecule has 3 rings (SSSR count). The maximum Gasteiger partial charge on any atom is 0.254 e. The zero-order valence-corrected chi connectivity index (χ0v) is 18.0. The molecule has 0 saturated heterocycles. The normalized spacial score (nSPS) is 10.5. The number of hydrogen-bond donors (Lipinski definition) is 0. The van der Waals surface area contributed by atoms with E-state index in [-0.39, 0.29) is 19.0 Å². The van der Waals surface area contributed by atoms with Crippen molar-refractivity contribution in [1.82, 2.24) is 15.0 Å². The van der Waals surface area contributed by atoms with Gasteiger partial charge in [0.25, 0.3) is 5.91 Å². The molecule has 8 nitrogen and oxygen atoms in total. The first-order valence-electron chi connectivity index (χ1n) is 9.60. The predicted molar refractivity (Wildman–Crippen MR) is 116 cm³/mol. The molecule has 0 aliphatic heterocycles. The van der Waals surface area contributed by atoms with Crippen LogP contribution in [0.4, 0.5) is 0 Å². The lowest BCUT2D eigenvalue weighted by molar-refractivity contribution is 0.0744. The molecule has 1 aromatic heterocycles. The first-order chi connectivity index (χ1) is 15.0. The lowest BCUT2D eigenvalue weighted by Crippen LogP contribution is -2.31. The van der Waals surface area contributed by atoms with Crippen molar-refractivity contribution >= 4 is 5.91 Å². The first-order valence-corrected chi connectivity index (χ1v) is 9.60. The number of methoxy groups -OCH3 is 3. The molecule has 8 heteroatoms. The number of ether oxygens (including phenoxy) is 3. The summed E-state index contributed by atoms with van der Waals surface area (Å²) in [7, 11) is 4.50. The van der Waals surface area contributed by atoms with Crippen molar-refractivity contribution < 1.29 is 23.5 Å². The van der Waals surface area contributed by atoms with Gasteiger partial charge in [0.2, 0.25) is 17.5 Å². The summed E-state index contributed by atoms with van der Waals surface area (Å²) in [5.41, 5.74) is 2.35. The molecule has 162 valence electrons. The molecule has 0 aliphatic carbocycles. The topological polar surface area (TPSA) is 86.9 Å². The van der Waals surface area contributed by atoms with Gasteiger partial charge in [-0.15, -0.1) is 6.58 Å². The summed E-state index contributed by atoms with van der Waals surface area (Å²) in [4.78, 5) is 19.2. The fourth-order valence-electron chi connectivity index (χ4n) is 3.06. The lowest BCUT2D eigenvalue weighted by atomic mass is 10.1. The summed E-state index contributed by atoms with van der Waals surface area (Å²) < 4.78 is 21.4. The van der Waals surface area contributed by atoms with Gasteiger partial charge in [-0.3, -0.25) is 4.79 Å². The fraction of sp³-hybridized carbons (Fsp3) is 0.261. The van der Waals surface area contributed by atoms with Crippen LogP contribution in [-0.2, 0) is 6.54 Å². The molecule has 0 atom stereocenters. The van der Waals surface area contributed by atoms with Gasteiger partial charge in [-0.25, -0.2) is 0 Å². The highest BCUT2D eigenvalue weighted by Gasteiger charge is 2.22. The number of carbonyl (C=O) groups excluding carboxylic acids is 1. The molecule has 31 heavy (non-hydrogen) atoms. The van der Waals surface area contributed by atoms with Gasteiger partial charge in [-0.2, -0.15) is 4.98 Å². The van der Waals surface area contributed by atoms with E-state index in [2.05, 4.69) is 16.7 Å². The van der Waals surface area contributed by atoms with E-state index in [1.807, 2.05) is 31.2 Å². The Hall–Kier alpha value is -3.81. The van der Waals surface area contributed by atoms with Gasteiger partial charge in [0, 0.05) is 17.7 Å².